The van der Waals surface area contributed by atoms with Crippen molar-refractivity contribution in [3.63, 3.8) is 0 Å². The zero-order valence-electron chi connectivity index (χ0n) is 25.4. The Labute approximate surface area is 263 Å². The van der Waals surface area contributed by atoms with Crippen LogP contribution in [0.1, 0.15) is 82.9 Å². The second-order valence-corrected chi connectivity index (χ2v) is 17.0. The lowest BCUT2D eigenvalue weighted by atomic mass is 9.58. The van der Waals surface area contributed by atoms with Crippen LogP contribution in [0.3, 0.4) is 0 Å². The maximum Gasteiger partial charge on any atom is 0.0180 e. The van der Waals surface area contributed by atoms with E-state index in [1.807, 2.05) is 5.57 Å². The van der Waals surface area contributed by atoms with E-state index in [1.54, 1.807) is 136 Å². The zero-order chi connectivity index (χ0) is 28.4. The molecule has 0 aromatic heterocycles. The first-order valence-electron chi connectivity index (χ1n) is 18.3. The number of benzene rings is 6. The van der Waals surface area contributed by atoms with Gasteiger partial charge in [-0.15, -0.1) is 0 Å². The quantitative estimate of drug-likeness (QED) is 0.125. The molecule has 5 atom stereocenters. The third-order valence-electron chi connectivity index (χ3n) is 15.8. The summed E-state index contributed by atoms with van der Waals surface area (Å²) in [5, 5.41) is 28.3. The Hall–Kier alpha value is -4.42. The lowest BCUT2D eigenvalue weighted by Gasteiger charge is -2.45. The molecule has 0 N–H and O–H groups in total. The Kier molecular flexibility index (Phi) is 2.56. The SMILES string of the molecule is C1=C2CCc3cc4c5c6c7c8c9c%10c%11c(cc%12cc%13c%14c%15c%12c%11c8c%15c8c(c2c3c5c87)C%14C1CC=%13)CCC%10=CC1CCC(C=4)C=6C91. The van der Waals surface area contributed by atoms with Crippen molar-refractivity contribution in [1.82, 2.24) is 0 Å². The number of rotatable bonds is 0. The Bertz CT molecular complexity index is 3340. The van der Waals surface area contributed by atoms with Gasteiger partial charge in [0.25, 0.3) is 0 Å². The van der Waals surface area contributed by atoms with Crippen LogP contribution in [-0.4, -0.2) is 0 Å². The average Bonchev–Trinajstić information content (AvgIpc) is 3.64. The molecule has 1 fully saturated rings. The highest BCUT2D eigenvalue weighted by Crippen LogP contribution is 2.67. The fourth-order valence-electron chi connectivity index (χ4n) is 14.8. The topological polar surface area (TPSA) is 0 Å². The average molecular weight is 579 g/mol. The summed E-state index contributed by atoms with van der Waals surface area (Å²) in [6.45, 7) is 0. The van der Waals surface area contributed by atoms with Gasteiger partial charge in [0.1, 0.15) is 0 Å². The maximum atomic E-state index is 2.82. The number of hydrogen-bond acceptors (Lipinski definition) is 0. The molecule has 8 aromatic rings. The maximum absolute atomic E-state index is 2.82. The highest BCUT2D eigenvalue weighted by Gasteiger charge is 2.49. The molecular weight excluding hydrogens is 553 g/mol. The van der Waals surface area contributed by atoms with Gasteiger partial charge in [-0.25, -0.2) is 0 Å². The molecule has 0 saturated heterocycles. The predicted octanol–water partition coefficient (Wildman–Crippen LogP) is 8.79. The zero-order valence-corrected chi connectivity index (χ0v) is 25.4. The molecule has 0 spiro atoms. The number of aryl methyl sites for hydroxylation is 2. The van der Waals surface area contributed by atoms with Crippen LogP contribution in [0, 0.1) is 17.8 Å². The second-order valence-electron chi connectivity index (χ2n) is 17.0. The van der Waals surface area contributed by atoms with Crippen molar-refractivity contribution < 1.29 is 0 Å². The standard InChI is InChI=1S/C46H26/c1-5-19-11-23-12-21-7-3-17-10-18-4-8-22-14-24-13-20-6-2-16-9-15(1)25-29(19)37-33(23)39-31(21)27(17)36-28(18)32(22)40-34(24)38-30(20)26(16)35(25)41-43(37)45(39)42(36)46(40)44(38)41/h5,9-15,18,22,25,28H,1-4,6-8H2. The summed E-state index contributed by atoms with van der Waals surface area (Å²) >= 11 is 0. The molecule has 9 aliphatic carbocycles. The summed E-state index contributed by atoms with van der Waals surface area (Å²) in [5.41, 5.74) is 17.2. The summed E-state index contributed by atoms with van der Waals surface area (Å²) < 4.78 is 0. The van der Waals surface area contributed by atoms with Crippen LogP contribution in [-0.2, 0) is 12.8 Å². The van der Waals surface area contributed by atoms with E-state index in [0.29, 0.717) is 29.6 Å². The molecule has 9 aliphatic rings. The smallest absolute Gasteiger partial charge is 0.0180 e. The van der Waals surface area contributed by atoms with Crippen LogP contribution in [0.4, 0.5) is 0 Å². The van der Waals surface area contributed by atoms with E-state index in [1.165, 1.54) is 50.3 Å². The minimum atomic E-state index is 0.507. The molecule has 0 heterocycles. The lowest BCUT2D eigenvalue weighted by Crippen LogP contribution is -2.37. The predicted molar refractivity (Wildman–Crippen MR) is 191 cm³/mol. The first-order valence-corrected chi connectivity index (χ1v) is 18.3. The van der Waals surface area contributed by atoms with Crippen molar-refractivity contribution in [2.75, 3.05) is 0 Å². The monoisotopic (exact) mass is 578 g/mol. The van der Waals surface area contributed by atoms with Crippen LogP contribution in [0.5, 0.6) is 0 Å². The fourth-order valence-corrected chi connectivity index (χ4v) is 14.8. The minimum Gasteiger partial charge on any atom is -0.0766 e. The van der Waals surface area contributed by atoms with E-state index in [-0.39, 0.29) is 0 Å². The third-order valence-corrected chi connectivity index (χ3v) is 15.8. The number of allylic oxidation sites excluding steroid dienone is 4. The van der Waals surface area contributed by atoms with Crippen molar-refractivity contribution in [1.29, 1.82) is 0 Å². The van der Waals surface area contributed by atoms with Crippen LogP contribution in [0.25, 0.3) is 104 Å². The summed E-state index contributed by atoms with van der Waals surface area (Å²) in [5.74, 6) is 2.93. The van der Waals surface area contributed by atoms with Gasteiger partial charge in [0.2, 0.25) is 0 Å². The summed E-state index contributed by atoms with van der Waals surface area (Å²) in [6.07, 6.45) is 19.7. The number of hydrogen-bond donors (Lipinski definition) is 0. The van der Waals surface area contributed by atoms with Gasteiger partial charge in [-0.3, -0.25) is 0 Å². The molecule has 0 aliphatic heterocycles. The molecule has 1 saturated carbocycles. The highest BCUT2D eigenvalue weighted by molar-refractivity contribution is 6.52. The molecule has 8 aromatic carbocycles. The van der Waals surface area contributed by atoms with E-state index in [4.69, 9.17) is 0 Å². The van der Waals surface area contributed by atoms with Gasteiger partial charge in [-0.1, -0.05) is 36.4 Å². The highest BCUT2D eigenvalue weighted by atomic mass is 14.5. The first-order chi connectivity index (χ1) is 22.8. The van der Waals surface area contributed by atoms with Gasteiger partial charge in [-0.05, 0) is 210 Å². The van der Waals surface area contributed by atoms with Gasteiger partial charge in [0.15, 0.2) is 0 Å². The normalized spacial score (nSPS) is 29.0. The van der Waals surface area contributed by atoms with E-state index in [9.17, 15) is 0 Å². The van der Waals surface area contributed by atoms with Gasteiger partial charge < -0.3 is 0 Å². The molecule has 5 unspecified atom stereocenters. The Morgan fingerprint density at radius 3 is 2.07 bits per heavy atom. The van der Waals surface area contributed by atoms with E-state index in [2.05, 4.69) is 42.5 Å². The van der Waals surface area contributed by atoms with Crippen LogP contribution in [0.15, 0.2) is 30.4 Å². The van der Waals surface area contributed by atoms with Gasteiger partial charge >= 0.3 is 0 Å². The molecule has 0 radical (unpaired) electrons. The molecule has 210 valence electrons. The molecule has 0 bridgehead atoms. The fraction of sp³-hybridized carbons (Fsp3) is 0.261. The van der Waals surface area contributed by atoms with Crippen molar-refractivity contribution in [3.8, 4) is 0 Å². The summed E-state index contributed by atoms with van der Waals surface area (Å²) in [6, 6.07) is 8.01. The van der Waals surface area contributed by atoms with E-state index < -0.39 is 0 Å². The summed E-state index contributed by atoms with van der Waals surface area (Å²) in [7, 11) is 0. The van der Waals surface area contributed by atoms with Gasteiger partial charge in [-0.2, -0.15) is 0 Å². The van der Waals surface area contributed by atoms with Crippen molar-refractivity contribution >= 4 is 104 Å². The van der Waals surface area contributed by atoms with Gasteiger partial charge in [0, 0.05) is 17.8 Å². The minimum absolute atomic E-state index is 0.507. The summed E-state index contributed by atoms with van der Waals surface area (Å²) in [4.78, 5) is 0. The molecule has 46 heavy (non-hydrogen) atoms. The van der Waals surface area contributed by atoms with Crippen molar-refractivity contribution in [2.45, 2.75) is 56.8 Å². The van der Waals surface area contributed by atoms with Crippen LogP contribution < -0.4 is 15.7 Å². The Morgan fingerprint density at radius 1 is 0.478 bits per heavy atom. The van der Waals surface area contributed by atoms with E-state index >= 15 is 0 Å². The first kappa shape index (κ1) is 20.7. The molecule has 0 nitrogen and oxygen atoms in total. The second kappa shape index (κ2) is 5.70. The molecule has 0 heteroatoms. The molecule has 17 rings (SSSR count). The van der Waals surface area contributed by atoms with Crippen LogP contribution in [0.2, 0.25) is 0 Å². The van der Waals surface area contributed by atoms with Crippen molar-refractivity contribution in [3.05, 3.63) is 85.0 Å². The van der Waals surface area contributed by atoms with Crippen LogP contribution >= 0.6 is 0 Å². The van der Waals surface area contributed by atoms with E-state index in [0.717, 1.165) is 0 Å². The Balaban J connectivity index is 1.38. The third kappa shape index (κ3) is 1.61. The Morgan fingerprint density at radius 2 is 1.17 bits per heavy atom. The largest absolute Gasteiger partial charge is 0.0766 e. The molecular formula is C46H26. The van der Waals surface area contributed by atoms with Gasteiger partial charge in [0.05, 0.1) is 0 Å². The molecule has 0 amide bonds. The lowest BCUT2D eigenvalue weighted by molar-refractivity contribution is 0.442. The van der Waals surface area contributed by atoms with Crippen molar-refractivity contribution in [2.24, 2.45) is 17.8 Å².